The Kier molecular flexibility index (Phi) is 3.13. The average Bonchev–Trinajstić information content (AvgIpc) is 2.27. The van der Waals surface area contributed by atoms with Gasteiger partial charge in [0, 0.05) is 11.6 Å². The van der Waals surface area contributed by atoms with E-state index in [9.17, 15) is 9.59 Å². The maximum atomic E-state index is 11.8. The lowest BCUT2D eigenvalue weighted by atomic mass is 9.82. The van der Waals surface area contributed by atoms with Crippen molar-refractivity contribution in [3.63, 3.8) is 0 Å². The Morgan fingerprint density at radius 2 is 1.94 bits per heavy atom. The van der Waals surface area contributed by atoms with Crippen molar-refractivity contribution in [1.82, 2.24) is 5.32 Å². The number of carboxylic acids is 1. The first-order valence-corrected chi connectivity index (χ1v) is 5.70. The number of benzene rings is 1. The van der Waals surface area contributed by atoms with Crippen LogP contribution in [0.15, 0.2) is 24.3 Å². The van der Waals surface area contributed by atoms with Crippen LogP contribution in [-0.4, -0.2) is 23.0 Å². The summed E-state index contributed by atoms with van der Waals surface area (Å²) < 4.78 is 0. The zero-order valence-corrected chi connectivity index (χ0v) is 9.64. The zero-order valence-electron chi connectivity index (χ0n) is 9.64. The molecule has 0 atom stereocenters. The van der Waals surface area contributed by atoms with Crippen LogP contribution in [0.3, 0.4) is 0 Å². The van der Waals surface area contributed by atoms with Crippen LogP contribution in [0.4, 0.5) is 0 Å². The molecule has 1 amide bonds. The van der Waals surface area contributed by atoms with Crippen LogP contribution in [0, 0.1) is 5.92 Å². The molecule has 0 heterocycles. The van der Waals surface area contributed by atoms with E-state index in [4.69, 9.17) is 5.11 Å². The van der Waals surface area contributed by atoms with Gasteiger partial charge in [-0.05, 0) is 37.0 Å². The standard InChI is InChI=1S/C13H15NO3/c1-8-5-11(6-8)14-12(15)9-3-2-4-10(7-9)13(16)17/h2-4,7-8,11H,5-6H2,1H3,(H,14,15)(H,16,17). The molecule has 2 rings (SSSR count). The van der Waals surface area contributed by atoms with Crippen molar-refractivity contribution in [2.24, 2.45) is 5.92 Å². The van der Waals surface area contributed by atoms with E-state index in [1.807, 2.05) is 0 Å². The summed E-state index contributed by atoms with van der Waals surface area (Å²) in [5.74, 6) is -0.535. The molecule has 1 aromatic rings. The molecule has 17 heavy (non-hydrogen) atoms. The highest BCUT2D eigenvalue weighted by Crippen LogP contribution is 2.26. The minimum atomic E-state index is -1.02. The van der Waals surface area contributed by atoms with Crippen LogP contribution in [0.25, 0.3) is 0 Å². The lowest BCUT2D eigenvalue weighted by Crippen LogP contribution is -2.43. The van der Waals surface area contributed by atoms with E-state index in [0.717, 1.165) is 12.8 Å². The highest BCUT2D eigenvalue weighted by atomic mass is 16.4. The van der Waals surface area contributed by atoms with Gasteiger partial charge >= 0.3 is 5.97 Å². The number of carbonyl (C=O) groups excluding carboxylic acids is 1. The Hall–Kier alpha value is -1.84. The fourth-order valence-electron chi connectivity index (χ4n) is 2.08. The van der Waals surface area contributed by atoms with Crippen LogP contribution in [0.2, 0.25) is 0 Å². The summed E-state index contributed by atoms with van der Waals surface area (Å²) in [7, 11) is 0. The quantitative estimate of drug-likeness (QED) is 0.838. The molecule has 0 radical (unpaired) electrons. The Morgan fingerprint density at radius 3 is 2.53 bits per heavy atom. The summed E-state index contributed by atoms with van der Waals surface area (Å²) in [6.45, 7) is 2.15. The first-order chi connectivity index (χ1) is 8.06. The van der Waals surface area contributed by atoms with Crippen LogP contribution < -0.4 is 5.32 Å². The van der Waals surface area contributed by atoms with Gasteiger partial charge in [-0.15, -0.1) is 0 Å². The molecule has 0 bridgehead atoms. The minimum Gasteiger partial charge on any atom is -0.478 e. The van der Waals surface area contributed by atoms with Gasteiger partial charge in [-0.3, -0.25) is 4.79 Å². The van der Waals surface area contributed by atoms with Crippen molar-refractivity contribution in [1.29, 1.82) is 0 Å². The number of aromatic carboxylic acids is 1. The molecule has 0 aliphatic heterocycles. The smallest absolute Gasteiger partial charge is 0.335 e. The summed E-state index contributed by atoms with van der Waals surface area (Å²) in [4.78, 5) is 22.6. The van der Waals surface area contributed by atoms with E-state index < -0.39 is 5.97 Å². The SMILES string of the molecule is CC1CC(NC(=O)c2cccc(C(=O)O)c2)C1. The molecule has 1 saturated carbocycles. The monoisotopic (exact) mass is 233 g/mol. The Bertz CT molecular complexity index is 450. The van der Waals surface area contributed by atoms with Gasteiger partial charge in [-0.1, -0.05) is 13.0 Å². The number of carboxylic acid groups (broad SMARTS) is 1. The maximum Gasteiger partial charge on any atom is 0.335 e. The second-order valence-corrected chi connectivity index (χ2v) is 4.63. The highest BCUT2D eigenvalue weighted by Gasteiger charge is 2.26. The lowest BCUT2D eigenvalue weighted by molar-refractivity contribution is 0.0697. The zero-order chi connectivity index (χ0) is 12.4. The molecule has 0 aromatic heterocycles. The van der Waals surface area contributed by atoms with Crippen molar-refractivity contribution in [2.45, 2.75) is 25.8 Å². The molecule has 1 aliphatic carbocycles. The number of rotatable bonds is 3. The second-order valence-electron chi connectivity index (χ2n) is 4.63. The van der Waals surface area contributed by atoms with Gasteiger partial charge in [0.05, 0.1) is 5.56 Å². The average molecular weight is 233 g/mol. The van der Waals surface area contributed by atoms with E-state index in [-0.39, 0.29) is 17.5 Å². The minimum absolute atomic E-state index is 0.139. The summed E-state index contributed by atoms with van der Waals surface area (Å²) in [6, 6.07) is 6.33. The van der Waals surface area contributed by atoms with E-state index in [1.165, 1.54) is 12.1 Å². The largest absolute Gasteiger partial charge is 0.478 e. The third kappa shape index (κ3) is 2.64. The number of nitrogens with one attached hydrogen (secondary N) is 1. The van der Waals surface area contributed by atoms with Gasteiger partial charge in [-0.2, -0.15) is 0 Å². The predicted octanol–water partition coefficient (Wildman–Crippen LogP) is 1.91. The van der Waals surface area contributed by atoms with E-state index in [2.05, 4.69) is 12.2 Å². The van der Waals surface area contributed by atoms with Crippen LogP contribution in [0.5, 0.6) is 0 Å². The van der Waals surface area contributed by atoms with Gasteiger partial charge < -0.3 is 10.4 Å². The van der Waals surface area contributed by atoms with Crippen molar-refractivity contribution >= 4 is 11.9 Å². The molecule has 90 valence electrons. The normalized spacial score (nSPS) is 22.6. The van der Waals surface area contributed by atoms with Crippen LogP contribution >= 0.6 is 0 Å². The molecule has 4 nitrogen and oxygen atoms in total. The maximum absolute atomic E-state index is 11.8. The van der Waals surface area contributed by atoms with Crippen molar-refractivity contribution in [3.8, 4) is 0 Å². The highest BCUT2D eigenvalue weighted by molar-refractivity contribution is 5.97. The summed E-state index contributed by atoms with van der Waals surface area (Å²) in [5, 5.41) is 11.7. The van der Waals surface area contributed by atoms with Crippen molar-refractivity contribution < 1.29 is 14.7 Å². The molecule has 0 spiro atoms. The summed E-state index contributed by atoms with van der Waals surface area (Å²) in [6.07, 6.45) is 2.01. The number of hydrogen-bond acceptors (Lipinski definition) is 2. The van der Waals surface area contributed by atoms with Crippen molar-refractivity contribution in [3.05, 3.63) is 35.4 Å². The third-order valence-corrected chi connectivity index (χ3v) is 3.08. The topological polar surface area (TPSA) is 66.4 Å². The Balaban J connectivity index is 2.03. The van der Waals surface area contributed by atoms with E-state index >= 15 is 0 Å². The molecular formula is C13H15NO3. The molecule has 0 saturated heterocycles. The van der Waals surface area contributed by atoms with Gasteiger partial charge in [0.15, 0.2) is 0 Å². The fraction of sp³-hybridized carbons (Fsp3) is 0.385. The predicted molar refractivity (Wildman–Crippen MR) is 63.1 cm³/mol. The van der Waals surface area contributed by atoms with Gasteiger partial charge in [0.1, 0.15) is 0 Å². The van der Waals surface area contributed by atoms with Crippen LogP contribution in [-0.2, 0) is 0 Å². The molecular weight excluding hydrogens is 218 g/mol. The number of hydrogen-bond donors (Lipinski definition) is 2. The fourth-order valence-corrected chi connectivity index (χ4v) is 2.08. The van der Waals surface area contributed by atoms with Gasteiger partial charge in [0.25, 0.3) is 5.91 Å². The summed E-state index contributed by atoms with van der Waals surface area (Å²) in [5.41, 5.74) is 0.545. The van der Waals surface area contributed by atoms with Gasteiger partial charge in [-0.25, -0.2) is 4.79 Å². The lowest BCUT2D eigenvalue weighted by Gasteiger charge is -2.33. The van der Waals surface area contributed by atoms with Gasteiger partial charge in [0.2, 0.25) is 0 Å². The molecule has 1 aliphatic rings. The summed E-state index contributed by atoms with van der Waals surface area (Å²) >= 11 is 0. The first-order valence-electron chi connectivity index (χ1n) is 5.70. The molecule has 1 fully saturated rings. The molecule has 2 N–H and O–H groups in total. The molecule has 4 heteroatoms. The van der Waals surface area contributed by atoms with Crippen LogP contribution in [0.1, 0.15) is 40.5 Å². The van der Waals surface area contributed by atoms with E-state index in [0.29, 0.717) is 11.5 Å². The molecule has 0 unspecified atom stereocenters. The number of carbonyl (C=O) groups is 2. The second kappa shape index (κ2) is 4.57. The van der Waals surface area contributed by atoms with E-state index in [1.54, 1.807) is 12.1 Å². The Labute approximate surface area is 99.6 Å². The van der Waals surface area contributed by atoms with Crippen molar-refractivity contribution in [2.75, 3.05) is 0 Å². The Morgan fingerprint density at radius 1 is 1.29 bits per heavy atom. The molecule has 1 aromatic carbocycles. The third-order valence-electron chi connectivity index (χ3n) is 3.08. The number of amides is 1. The first kappa shape index (κ1) is 11.6.